The van der Waals surface area contributed by atoms with Gasteiger partial charge in [0.25, 0.3) is 0 Å². The molecular formula is C12H18Sn. The van der Waals surface area contributed by atoms with Gasteiger partial charge in [0, 0.05) is 0 Å². The molecule has 0 saturated carbocycles. The number of rotatable bonds is 2. The van der Waals surface area contributed by atoms with E-state index in [0.29, 0.717) is 0 Å². The van der Waals surface area contributed by atoms with Gasteiger partial charge in [0.05, 0.1) is 0 Å². The zero-order valence-electron chi connectivity index (χ0n) is 8.64. The molecule has 0 atom stereocenters. The predicted molar refractivity (Wildman–Crippen MR) is 60.6 cm³/mol. The van der Waals surface area contributed by atoms with Gasteiger partial charge in [-0.3, -0.25) is 0 Å². The molecule has 1 aliphatic rings. The summed E-state index contributed by atoms with van der Waals surface area (Å²) in [6, 6.07) is 9.09. The minimum atomic E-state index is -1.64. The van der Waals surface area contributed by atoms with E-state index in [1.807, 2.05) is 0 Å². The summed E-state index contributed by atoms with van der Waals surface area (Å²) in [6.45, 7) is 4.84. The van der Waals surface area contributed by atoms with Crippen molar-refractivity contribution in [3.63, 3.8) is 0 Å². The van der Waals surface area contributed by atoms with Gasteiger partial charge in [0.1, 0.15) is 0 Å². The van der Waals surface area contributed by atoms with Gasteiger partial charge in [-0.2, -0.15) is 0 Å². The van der Waals surface area contributed by atoms with Crippen LogP contribution in [-0.4, -0.2) is 18.4 Å². The Hall–Kier alpha value is 0.0187. The van der Waals surface area contributed by atoms with Crippen molar-refractivity contribution in [3.8, 4) is 0 Å². The molecule has 1 heterocycles. The van der Waals surface area contributed by atoms with Crippen LogP contribution in [0.5, 0.6) is 0 Å². The van der Waals surface area contributed by atoms with Crippen LogP contribution in [0.3, 0.4) is 0 Å². The molecule has 13 heavy (non-hydrogen) atoms. The third-order valence-corrected chi connectivity index (χ3v) is 18.8. The van der Waals surface area contributed by atoms with Crippen molar-refractivity contribution in [3.05, 3.63) is 35.4 Å². The second-order valence-corrected chi connectivity index (χ2v) is 18.9. The van der Waals surface area contributed by atoms with Gasteiger partial charge >= 0.3 is 85.4 Å². The predicted octanol–water partition coefficient (Wildman–Crippen LogP) is 3.35. The molecule has 0 unspecified atom stereocenters. The van der Waals surface area contributed by atoms with Crippen LogP contribution >= 0.6 is 0 Å². The normalized spacial score (nSPS) is 18.6. The van der Waals surface area contributed by atoms with Crippen LogP contribution < -0.4 is 0 Å². The van der Waals surface area contributed by atoms with Crippen LogP contribution in [0.2, 0.25) is 8.87 Å². The molecule has 0 radical (unpaired) electrons. The first-order valence-corrected chi connectivity index (χ1v) is 13.4. The van der Waals surface area contributed by atoms with Gasteiger partial charge in [-0.15, -0.1) is 0 Å². The van der Waals surface area contributed by atoms with Crippen molar-refractivity contribution in [1.82, 2.24) is 0 Å². The van der Waals surface area contributed by atoms with E-state index in [0.717, 1.165) is 0 Å². The standard InChI is InChI=1S/C8H8.2C2H5.Sn/c1-7-5-3-4-6-8(7)2;2*1-2;/h3-6H,1-2H2;2*1H2,2H3;. The third-order valence-electron chi connectivity index (χ3n) is 3.75. The molecule has 1 aliphatic heterocycles. The quantitative estimate of drug-likeness (QED) is 0.729. The van der Waals surface area contributed by atoms with Crippen LogP contribution in [0.15, 0.2) is 24.3 Å². The molecule has 0 saturated heterocycles. The SMILES string of the molecule is C[CH2][Sn]1([CH2]C)[CH2]c2ccccc2[CH2]1. The molecule has 0 bridgehead atoms. The molecule has 70 valence electrons. The minimum absolute atomic E-state index is 1.51. The summed E-state index contributed by atoms with van der Waals surface area (Å²) >= 11 is -1.64. The summed E-state index contributed by atoms with van der Waals surface area (Å²) in [5.74, 6) is 0. The third kappa shape index (κ3) is 1.65. The van der Waals surface area contributed by atoms with Crippen LogP contribution in [0.25, 0.3) is 0 Å². The van der Waals surface area contributed by atoms with E-state index in [-0.39, 0.29) is 0 Å². The van der Waals surface area contributed by atoms with Gasteiger partial charge in [0.15, 0.2) is 0 Å². The molecule has 0 aromatic heterocycles. The maximum atomic E-state index is 2.42. The molecule has 1 aromatic rings. The van der Waals surface area contributed by atoms with E-state index in [1.54, 1.807) is 11.1 Å². The first-order chi connectivity index (χ1) is 6.29. The summed E-state index contributed by atoms with van der Waals surface area (Å²) in [5, 5.41) is 0. The molecule has 0 nitrogen and oxygen atoms in total. The topological polar surface area (TPSA) is 0 Å². The van der Waals surface area contributed by atoms with Crippen molar-refractivity contribution < 1.29 is 0 Å². The Morgan fingerprint density at radius 3 is 1.85 bits per heavy atom. The number of fused-ring (bicyclic) bond motifs is 1. The van der Waals surface area contributed by atoms with E-state index in [2.05, 4.69) is 38.1 Å². The first kappa shape index (κ1) is 9.57. The van der Waals surface area contributed by atoms with Crippen LogP contribution in [0, 0.1) is 0 Å². The molecule has 0 amide bonds. The molecule has 0 fully saturated rings. The fourth-order valence-corrected chi connectivity index (χ4v) is 13.7. The average molecular weight is 281 g/mol. The molecule has 1 heteroatoms. The Bertz CT molecular complexity index is 273. The van der Waals surface area contributed by atoms with E-state index in [4.69, 9.17) is 0 Å². The van der Waals surface area contributed by atoms with E-state index >= 15 is 0 Å². The second-order valence-electron chi connectivity index (χ2n) is 4.33. The molecule has 0 spiro atoms. The van der Waals surface area contributed by atoms with Crippen LogP contribution in [0.1, 0.15) is 25.0 Å². The first-order valence-electron chi connectivity index (χ1n) is 5.36. The zero-order valence-corrected chi connectivity index (χ0v) is 11.5. The number of hydrogen-bond donors (Lipinski definition) is 0. The van der Waals surface area contributed by atoms with Crippen molar-refractivity contribution in [2.75, 3.05) is 0 Å². The average Bonchev–Trinajstić information content (AvgIpc) is 2.57. The van der Waals surface area contributed by atoms with E-state index < -0.39 is 18.4 Å². The Kier molecular flexibility index (Phi) is 2.68. The summed E-state index contributed by atoms with van der Waals surface area (Å²) in [5.41, 5.74) is 3.36. The summed E-state index contributed by atoms with van der Waals surface area (Å²) < 4.78 is 6.08. The Morgan fingerprint density at radius 2 is 1.46 bits per heavy atom. The second kappa shape index (κ2) is 3.64. The fraction of sp³-hybridized carbons (Fsp3) is 0.500. The van der Waals surface area contributed by atoms with Crippen molar-refractivity contribution in [2.24, 2.45) is 0 Å². The molecule has 2 rings (SSSR count). The van der Waals surface area contributed by atoms with Gasteiger partial charge in [-0.05, 0) is 0 Å². The maximum absolute atomic E-state index is 2.42. The Labute approximate surface area is 85.2 Å². The van der Waals surface area contributed by atoms with Gasteiger partial charge in [-0.1, -0.05) is 0 Å². The van der Waals surface area contributed by atoms with E-state index in [9.17, 15) is 0 Å². The molecular weight excluding hydrogens is 263 g/mol. The monoisotopic (exact) mass is 282 g/mol. The summed E-state index contributed by atoms with van der Waals surface area (Å²) in [6.07, 6.45) is 0. The zero-order chi connectivity index (χ0) is 9.31. The van der Waals surface area contributed by atoms with Crippen LogP contribution in [0.4, 0.5) is 0 Å². The van der Waals surface area contributed by atoms with Gasteiger partial charge in [-0.25, -0.2) is 0 Å². The molecule has 0 aliphatic carbocycles. The van der Waals surface area contributed by atoms with Crippen molar-refractivity contribution in [1.29, 1.82) is 0 Å². The van der Waals surface area contributed by atoms with Crippen molar-refractivity contribution in [2.45, 2.75) is 31.6 Å². The molecule has 0 N–H and O–H groups in total. The Morgan fingerprint density at radius 1 is 1.00 bits per heavy atom. The van der Waals surface area contributed by atoms with E-state index in [1.165, 1.54) is 17.7 Å². The Balaban J connectivity index is 2.30. The van der Waals surface area contributed by atoms with Crippen molar-refractivity contribution >= 4 is 18.4 Å². The summed E-state index contributed by atoms with van der Waals surface area (Å²) in [4.78, 5) is 0. The fourth-order valence-electron chi connectivity index (χ4n) is 2.52. The van der Waals surface area contributed by atoms with Gasteiger partial charge in [0.2, 0.25) is 0 Å². The number of hydrogen-bond acceptors (Lipinski definition) is 0. The summed E-state index contributed by atoms with van der Waals surface area (Å²) in [7, 11) is 0. The van der Waals surface area contributed by atoms with Crippen LogP contribution in [-0.2, 0) is 8.87 Å². The number of benzene rings is 1. The molecule has 1 aromatic carbocycles. The van der Waals surface area contributed by atoms with Gasteiger partial charge < -0.3 is 0 Å².